The van der Waals surface area contributed by atoms with Crippen LogP contribution >= 0.6 is 12.6 Å². The molecule has 0 atom stereocenters. The van der Waals surface area contributed by atoms with Crippen LogP contribution in [0.5, 0.6) is 0 Å². The van der Waals surface area contributed by atoms with Crippen molar-refractivity contribution in [2.24, 2.45) is 0 Å². The molecule has 0 amide bonds. The highest BCUT2D eigenvalue weighted by molar-refractivity contribution is 7.80. The highest BCUT2D eigenvalue weighted by Crippen LogP contribution is 2.22. The summed E-state index contributed by atoms with van der Waals surface area (Å²) >= 11 is 4.40. The summed E-state index contributed by atoms with van der Waals surface area (Å²) in [6, 6.07) is 12.6. The van der Waals surface area contributed by atoms with Crippen molar-refractivity contribution in [1.29, 1.82) is 0 Å². The van der Waals surface area contributed by atoms with E-state index < -0.39 is 0 Å². The number of aryl methyl sites for hydroxylation is 1. The van der Waals surface area contributed by atoms with Gasteiger partial charge in [-0.2, -0.15) is 0 Å². The zero-order valence-electron chi connectivity index (χ0n) is 6.91. The Hall–Kier alpha value is -0.950. The maximum atomic E-state index is 4.40. The Morgan fingerprint density at radius 2 is 1.92 bits per heavy atom. The number of thiol groups is 1. The summed E-state index contributed by atoms with van der Waals surface area (Å²) in [5.41, 5.74) is 1.28. The molecule has 0 nitrogen and oxygen atoms in total. The van der Waals surface area contributed by atoms with Gasteiger partial charge in [0, 0.05) is 4.90 Å². The van der Waals surface area contributed by atoms with Crippen molar-refractivity contribution in [2.75, 3.05) is 0 Å². The molecule has 2 aromatic rings. The smallest absolute Gasteiger partial charge is 0.0119 e. The highest BCUT2D eigenvalue weighted by Gasteiger charge is 1.95. The normalized spacial score (nSPS) is 10.5. The average molecular weight is 174 g/mol. The predicted octanol–water partition coefficient (Wildman–Crippen LogP) is 3.44. The van der Waals surface area contributed by atoms with Crippen molar-refractivity contribution in [2.45, 2.75) is 11.8 Å². The first-order chi connectivity index (χ1) is 5.77. The van der Waals surface area contributed by atoms with Gasteiger partial charge in [-0.05, 0) is 23.8 Å². The Morgan fingerprint density at radius 3 is 2.75 bits per heavy atom. The molecule has 0 bridgehead atoms. The molecular formula is C11H10S. The van der Waals surface area contributed by atoms with Gasteiger partial charge < -0.3 is 0 Å². The number of fused-ring (bicyclic) bond motifs is 1. The van der Waals surface area contributed by atoms with Gasteiger partial charge in [-0.1, -0.05) is 35.9 Å². The van der Waals surface area contributed by atoms with Gasteiger partial charge in [-0.3, -0.25) is 0 Å². The van der Waals surface area contributed by atoms with Gasteiger partial charge in [0.15, 0.2) is 0 Å². The topological polar surface area (TPSA) is 0 Å². The third kappa shape index (κ3) is 1.21. The minimum absolute atomic E-state index is 1.05. The monoisotopic (exact) mass is 174 g/mol. The number of hydrogen-bond acceptors (Lipinski definition) is 1. The van der Waals surface area contributed by atoms with Crippen molar-refractivity contribution < 1.29 is 0 Å². The van der Waals surface area contributed by atoms with Gasteiger partial charge in [0.1, 0.15) is 0 Å². The quantitative estimate of drug-likeness (QED) is 0.581. The van der Waals surface area contributed by atoms with Gasteiger partial charge in [0.05, 0.1) is 0 Å². The summed E-state index contributed by atoms with van der Waals surface area (Å²) in [6.07, 6.45) is 0. The number of rotatable bonds is 0. The molecule has 0 radical (unpaired) electrons. The first-order valence-electron chi connectivity index (χ1n) is 3.96. The third-order valence-electron chi connectivity index (χ3n) is 2.01. The molecule has 0 spiro atoms. The second-order valence-electron chi connectivity index (χ2n) is 3.00. The van der Waals surface area contributed by atoms with Crippen LogP contribution in [0.15, 0.2) is 41.3 Å². The Bertz CT molecular complexity index is 418. The lowest BCUT2D eigenvalue weighted by atomic mass is 10.1. The lowest BCUT2D eigenvalue weighted by Gasteiger charge is -2.01. The van der Waals surface area contributed by atoms with Gasteiger partial charge >= 0.3 is 0 Å². The van der Waals surface area contributed by atoms with E-state index in [-0.39, 0.29) is 0 Å². The Morgan fingerprint density at radius 1 is 1.08 bits per heavy atom. The molecule has 12 heavy (non-hydrogen) atoms. The maximum absolute atomic E-state index is 4.40. The molecule has 0 saturated carbocycles. The van der Waals surface area contributed by atoms with Crippen LogP contribution in [-0.2, 0) is 0 Å². The minimum Gasteiger partial charge on any atom is -0.143 e. The zero-order valence-corrected chi connectivity index (χ0v) is 7.81. The molecule has 2 rings (SSSR count). The third-order valence-corrected chi connectivity index (χ3v) is 2.40. The van der Waals surface area contributed by atoms with Crippen molar-refractivity contribution in [3.63, 3.8) is 0 Å². The van der Waals surface area contributed by atoms with Crippen molar-refractivity contribution in [3.05, 3.63) is 42.0 Å². The van der Waals surface area contributed by atoms with Crippen molar-refractivity contribution in [1.82, 2.24) is 0 Å². The molecule has 0 aromatic heterocycles. The first-order valence-corrected chi connectivity index (χ1v) is 4.40. The molecule has 0 aliphatic heterocycles. The van der Waals surface area contributed by atoms with Crippen LogP contribution < -0.4 is 0 Å². The van der Waals surface area contributed by atoms with Gasteiger partial charge in [-0.15, -0.1) is 12.6 Å². The molecule has 1 heteroatoms. The molecular weight excluding hydrogens is 164 g/mol. The fourth-order valence-corrected chi connectivity index (χ4v) is 1.65. The van der Waals surface area contributed by atoms with E-state index >= 15 is 0 Å². The van der Waals surface area contributed by atoms with E-state index in [9.17, 15) is 0 Å². The van der Waals surface area contributed by atoms with Crippen LogP contribution in [-0.4, -0.2) is 0 Å². The standard InChI is InChI=1S/C11H10S/c1-8-5-6-9-3-2-4-11(12)10(9)7-8/h2-7,12H,1H3. The minimum atomic E-state index is 1.05. The number of hydrogen-bond donors (Lipinski definition) is 1. The van der Waals surface area contributed by atoms with E-state index in [1.165, 1.54) is 16.3 Å². The molecule has 0 heterocycles. The Labute approximate surface area is 77.6 Å². The lowest BCUT2D eigenvalue weighted by molar-refractivity contribution is 1.47. The van der Waals surface area contributed by atoms with E-state index in [4.69, 9.17) is 0 Å². The molecule has 0 fully saturated rings. The summed E-state index contributed by atoms with van der Waals surface area (Å²) < 4.78 is 0. The maximum Gasteiger partial charge on any atom is 0.0119 e. The zero-order chi connectivity index (χ0) is 8.55. The summed E-state index contributed by atoms with van der Waals surface area (Å²) in [7, 11) is 0. The average Bonchev–Trinajstić information content (AvgIpc) is 2.07. The molecule has 0 saturated heterocycles. The van der Waals surface area contributed by atoms with E-state index in [1.54, 1.807) is 0 Å². The van der Waals surface area contributed by atoms with Gasteiger partial charge in [0.25, 0.3) is 0 Å². The molecule has 0 aliphatic carbocycles. The fourth-order valence-electron chi connectivity index (χ4n) is 1.37. The molecule has 60 valence electrons. The lowest BCUT2D eigenvalue weighted by Crippen LogP contribution is -1.76. The SMILES string of the molecule is Cc1ccc2cccc(S)c2c1. The Balaban J connectivity index is 2.88. The molecule has 0 aliphatic rings. The largest absolute Gasteiger partial charge is 0.143 e. The van der Waals surface area contributed by atoms with E-state index in [1.807, 2.05) is 12.1 Å². The van der Waals surface area contributed by atoms with E-state index in [0.29, 0.717) is 0 Å². The predicted molar refractivity (Wildman–Crippen MR) is 55.9 cm³/mol. The van der Waals surface area contributed by atoms with Crippen LogP contribution in [0.25, 0.3) is 10.8 Å². The highest BCUT2D eigenvalue weighted by atomic mass is 32.1. The van der Waals surface area contributed by atoms with Crippen molar-refractivity contribution in [3.8, 4) is 0 Å². The summed E-state index contributed by atoms with van der Waals surface area (Å²) in [6.45, 7) is 2.10. The summed E-state index contributed by atoms with van der Waals surface area (Å²) in [4.78, 5) is 1.05. The second-order valence-corrected chi connectivity index (χ2v) is 3.48. The molecule has 2 aromatic carbocycles. The first kappa shape index (κ1) is 7.69. The fraction of sp³-hybridized carbons (Fsp3) is 0.0909. The molecule has 0 N–H and O–H groups in total. The van der Waals surface area contributed by atoms with Gasteiger partial charge in [-0.25, -0.2) is 0 Å². The van der Waals surface area contributed by atoms with E-state index in [0.717, 1.165) is 4.90 Å². The second kappa shape index (κ2) is 2.83. The van der Waals surface area contributed by atoms with E-state index in [2.05, 4.69) is 43.8 Å². The van der Waals surface area contributed by atoms with Crippen LogP contribution in [0.1, 0.15) is 5.56 Å². The van der Waals surface area contributed by atoms with Crippen LogP contribution in [0, 0.1) is 6.92 Å². The van der Waals surface area contributed by atoms with Crippen LogP contribution in [0.2, 0.25) is 0 Å². The van der Waals surface area contributed by atoms with Crippen molar-refractivity contribution >= 4 is 23.4 Å². The Kier molecular flexibility index (Phi) is 1.81. The summed E-state index contributed by atoms with van der Waals surface area (Å²) in [5.74, 6) is 0. The van der Waals surface area contributed by atoms with Gasteiger partial charge in [0.2, 0.25) is 0 Å². The van der Waals surface area contributed by atoms with Crippen LogP contribution in [0.4, 0.5) is 0 Å². The van der Waals surface area contributed by atoms with Crippen LogP contribution in [0.3, 0.4) is 0 Å². The molecule has 0 unspecified atom stereocenters. The summed E-state index contributed by atoms with van der Waals surface area (Å²) in [5, 5.41) is 2.49. The number of benzene rings is 2.